The minimum absolute atomic E-state index is 0.0384. The van der Waals surface area contributed by atoms with Gasteiger partial charge in [0.1, 0.15) is 15.6 Å². The van der Waals surface area contributed by atoms with Gasteiger partial charge in [-0.25, -0.2) is 0 Å². The first-order valence-electron chi connectivity index (χ1n) is 7.49. The van der Waals surface area contributed by atoms with Gasteiger partial charge in [0, 0.05) is 17.2 Å². The molecule has 25 heavy (non-hydrogen) atoms. The molecule has 1 heterocycles. The van der Waals surface area contributed by atoms with Crippen molar-refractivity contribution < 1.29 is 23.8 Å². The van der Waals surface area contributed by atoms with Gasteiger partial charge in [0.15, 0.2) is 23.0 Å². The minimum atomic E-state index is -1.30. The number of carbonyl (C=O) groups excluding carboxylic acids is 2. The van der Waals surface area contributed by atoms with Gasteiger partial charge in [0.25, 0.3) is 0 Å². The highest BCUT2D eigenvalue weighted by Gasteiger charge is 2.59. The van der Waals surface area contributed by atoms with Crippen LogP contribution in [-0.4, -0.2) is 37.6 Å². The van der Waals surface area contributed by atoms with Crippen molar-refractivity contribution in [1.29, 1.82) is 0 Å². The third-order valence-electron chi connectivity index (χ3n) is 4.57. The number of Topliss-reactive ketones (excluding diaryl/α,β-unsaturated/α-hetero) is 1. The molecule has 8 heteroatoms. The molecule has 5 nitrogen and oxygen atoms in total. The van der Waals surface area contributed by atoms with E-state index in [4.69, 9.17) is 37.4 Å². The van der Waals surface area contributed by atoms with Crippen LogP contribution in [0.5, 0.6) is 17.2 Å². The Balaban J connectivity index is 2.31. The lowest BCUT2D eigenvalue weighted by atomic mass is 9.77. The van der Waals surface area contributed by atoms with Gasteiger partial charge in [0.2, 0.25) is 11.4 Å². The standard InChI is InChI=1S/C17H16Cl2O5S/c1-7-5-8(20)6-9(25-4)17(7)16(21)10-13(22-2)11(18)15(23-3)12(19)14(10)24-17/h6-7H,5H2,1-4H3/t7-,17+/m1/s1. The van der Waals surface area contributed by atoms with E-state index in [9.17, 15) is 9.59 Å². The second-order valence-electron chi connectivity index (χ2n) is 5.85. The van der Waals surface area contributed by atoms with Crippen LogP contribution in [0.4, 0.5) is 0 Å². The van der Waals surface area contributed by atoms with Gasteiger partial charge in [-0.1, -0.05) is 30.1 Å². The highest BCUT2D eigenvalue weighted by molar-refractivity contribution is 8.02. The zero-order valence-electron chi connectivity index (χ0n) is 14.1. The van der Waals surface area contributed by atoms with Crippen molar-refractivity contribution in [3.63, 3.8) is 0 Å². The molecule has 1 spiro atoms. The van der Waals surface area contributed by atoms with Crippen LogP contribution in [0.15, 0.2) is 11.0 Å². The van der Waals surface area contributed by atoms with Crippen LogP contribution in [0, 0.1) is 5.92 Å². The fraction of sp³-hybridized carbons (Fsp3) is 0.412. The number of hydrogen-bond acceptors (Lipinski definition) is 6. The molecule has 0 saturated carbocycles. The number of thioether (sulfide) groups is 1. The molecule has 0 saturated heterocycles. The van der Waals surface area contributed by atoms with Crippen molar-refractivity contribution in [3.05, 3.63) is 26.6 Å². The molecule has 0 bridgehead atoms. The number of benzene rings is 1. The summed E-state index contributed by atoms with van der Waals surface area (Å²) in [7, 11) is 2.83. The first-order valence-corrected chi connectivity index (χ1v) is 9.47. The van der Waals surface area contributed by atoms with Crippen LogP contribution in [0.25, 0.3) is 0 Å². The number of rotatable bonds is 3. The second-order valence-corrected chi connectivity index (χ2v) is 7.45. The molecular formula is C17H16Cl2O5S. The topological polar surface area (TPSA) is 61.8 Å². The van der Waals surface area contributed by atoms with Crippen molar-refractivity contribution in [3.8, 4) is 17.2 Å². The summed E-state index contributed by atoms with van der Waals surface area (Å²) in [6.07, 6.45) is 3.47. The Hall–Kier alpha value is -1.37. The molecule has 2 atom stereocenters. The number of halogens is 2. The first kappa shape index (κ1) is 18.4. The summed E-state index contributed by atoms with van der Waals surface area (Å²) >= 11 is 14.0. The van der Waals surface area contributed by atoms with Crippen LogP contribution >= 0.6 is 35.0 Å². The number of hydrogen-bond donors (Lipinski definition) is 0. The number of allylic oxidation sites excluding steroid dienone is 1. The molecule has 1 aliphatic carbocycles. The van der Waals surface area contributed by atoms with E-state index in [2.05, 4.69) is 0 Å². The van der Waals surface area contributed by atoms with Crippen LogP contribution < -0.4 is 14.2 Å². The Labute approximate surface area is 159 Å². The lowest BCUT2D eigenvalue weighted by molar-refractivity contribution is -0.117. The number of methoxy groups -OCH3 is 2. The van der Waals surface area contributed by atoms with E-state index in [1.54, 1.807) is 6.26 Å². The number of carbonyl (C=O) groups is 2. The van der Waals surface area contributed by atoms with Crippen LogP contribution in [0.3, 0.4) is 0 Å². The monoisotopic (exact) mass is 402 g/mol. The number of fused-ring (bicyclic) bond motifs is 1. The average molecular weight is 403 g/mol. The Morgan fingerprint density at radius 2 is 1.84 bits per heavy atom. The van der Waals surface area contributed by atoms with Crippen molar-refractivity contribution in [1.82, 2.24) is 0 Å². The number of ether oxygens (including phenoxy) is 3. The lowest BCUT2D eigenvalue weighted by Gasteiger charge is -2.37. The smallest absolute Gasteiger partial charge is 0.219 e. The van der Waals surface area contributed by atoms with Crippen LogP contribution in [0.1, 0.15) is 23.7 Å². The Morgan fingerprint density at radius 1 is 1.20 bits per heavy atom. The Morgan fingerprint density at radius 3 is 2.40 bits per heavy atom. The molecule has 1 aromatic rings. The maximum Gasteiger partial charge on any atom is 0.219 e. The highest BCUT2D eigenvalue weighted by atomic mass is 35.5. The molecule has 0 amide bonds. The first-order chi connectivity index (χ1) is 11.8. The minimum Gasteiger partial charge on any atom is -0.494 e. The normalized spacial score (nSPS) is 24.9. The predicted octanol–water partition coefficient (Wildman–Crippen LogP) is 4.18. The second kappa shape index (κ2) is 6.41. The van der Waals surface area contributed by atoms with Crippen molar-refractivity contribution >= 4 is 46.5 Å². The quantitative estimate of drug-likeness (QED) is 0.755. The fourth-order valence-corrected chi connectivity index (χ4v) is 4.97. The summed E-state index contributed by atoms with van der Waals surface area (Å²) in [5, 5.41) is 0.218. The molecule has 0 N–H and O–H groups in total. The Kier molecular flexibility index (Phi) is 4.73. The summed E-state index contributed by atoms with van der Waals surface area (Å²) in [4.78, 5) is 25.9. The third kappa shape index (κ3) is 2.38. The van der Waals surface area contributed by atoms with Gasteiger partial charge >= 0.3 is 0 Å². The van der Waals surface area contributed by atoms with Crippen molar-refractivity contribution in [2.75, 3.05) is 20.5 Å². The molecule has 1 aliphatic heterocycles. The van der Waals surface area contributed by atoms with E-state index in [1.165, 1.54) is 32.1 Å². The zero-order valence-corrected chi connectivity index (χ0v) is 16.4. The largest absolute Gasteiger partial charge is 0.494 e. The molecule has 1 aromatic carbocycles. The van der Waals surface area contributed by atoms with E-state index in [0.29, 0.717) is 4.91 Å². The molecule has 134 valence electrons. The molecule has 0 aromatic heterocycles. The van der Waals surface area contributed by atoms with Gasteiger partial charge < -0.3 is 14.2 Å². The zero-order chi connectivity index (χ0) is 18.5. The van der Waals surface area contributed by atoms with Gasteiger partial charge in [-0.15, -0.1) is 11.8 Å². The van der Waals surface area contributed by atoms with E-state index in [0.717, 1.165) is 0 Å². The molecule has 0 fully saturated rings. The Bertz CT molecular complexity index is 820. The van der Waals surface area contributed by atoms with Gasteiger partial charge in [-0.3, -0.25) is 9.59 Å². The van der Waals surface area contributed by atoms with E-state index in [1.807, 2.05) is 6.92 Å². The SMILES string of the molecule is COc1c(Cl)c(OC)c2c(c1Cl)O[C@]1(C2=O)C(SC)=CC(=O)C[C@H]1C. The summed E-state index contributed by atoms with van der Waals surface area (Å²) < 4.78 is 16.7. The summed E-state index contributed by atoms with van der Waals surface area (Å²) in [6.45, 7) is 1.81. The van der Waals surface area contributed by atoms with Crippen molar-refractivity contribution in [2.24, 2.45) is 5.92 Å². The van der Waals surface area contributed by atoms with Crippen LogP contribution in [-0.2, 0) is 4.79 Å². The fourth-order valence-electron chi connectivity index (χ4n) is 3.39. The molecule has 0 unspecified atom stereocenters. The third-order valence-corrected chi connectivity index (χ3v) is 6.11. The number of ketones is 2. The molecule has 0 radical (unpaired) electrons. The molecule has 2 aliphatic rings. The van der Waals surface area contributed by atoms with E-state index in [-0.39, 0.29) is 56.8 Å². The predicted molar refractivity (Wildman–Crippen MR) is 97.6 cm³/mol. The van der Waals surface area contributed by atoms with E-state index < -0.39 is 5.60 Å². The lowest BCUT2D eigenvalue weighted by Crippen LogP contribution is -2.50. The molecular weight excluding hydrogens is 387 g/mol. The van der Waals surface area contributed by atoms with Gasteiger partial charge in [0.05, 0.1) is 14.2 Å². The average Bonchev–Trinajstić information content (AvgIpc) is 2.87. The highest BCUT2D eigenvalue weighted by Crippen LogP contribution is 2.58. The van der Waals surface area contributed by atoms with Gasteiger partial charge in [-0.2, -0.15) is 0 Å². The molecule has 3 rings (SSSR count). The van der Waals surface area contributed by atoms with Crippen LogP contribution in [0.2, 0.25) is 10.0 Å². The maximum atomic E-state index is 13.4. The maximum absolute atomic E-state index is 13.4. The van der Waals surface area contributed by atoms with E-state index >= 15 is 0 Å². The summed E-state index contributed by atoms with van der Waals surface area (Å²) in [6, 6.07) is 0. The summed E-state index contributed by atoms with van der Waals surface area (Å²) in [5.74, 6) is -0.207. The van der Waals surface area contributed by atoms with Gasteiger partial charge in [-0.05, 0) is 12.3 Å². The van der Waals surface area contributed by atoms with Crippen molar-refractivity contribution in [2.45, 2.75) is 18.9 Å². The summed E-state index contributed by atoms with van der Waals surface area (Å²) in [5.41, 5.74) is -1.12.